The molecular formula is C22H21ClF2N4O3S2. The van der Waals surface area contributed by atoms with Gasteiger partial charge in [0.15, 0.2) is 0 Å². The predicted octanol–water partition coefficient (Wildman–Crippen LogP) is 5.24. The van der Waals surface area contributed by atoms with Crippen molar-refractivity contribution in [2.45, 2.75) is 19.3 Å². The minimum absolute atomic E-state index is 0.171. The number of hydrogen-bond donors (Lipinski definition) is 2. The van der Waals surface area contributed by atoms with Crippen LogP contribution in [-0.4, -0.2) is 44.6 Å². The van der Waals surface area contributed by atoms with Gasteiger partial charge in [0, 0.05) is 34.1 Å². The van der Waals surface area contributed by atoms with Gasteiger partial charge < -0.3 is 10.2 Å². The normalized spacial score (nSPS) is 15.4. The zero-order chi connectivity index (χ0) is 24.7. The number of carbonyl (C=O) groups excluding carboxylic acids is 1. The third-order valence-electron chi connectivity index (χ3n) is 5.16. The average molecular weight is 527 g/mol. The number of alkyl halides is 2. The van der Waals surface area contributed by atoms with Gasteiger partial charge in [-0.1, -0.05) is 11.6 Å². The number of rotatable bonds is 6. The van der Waals surface area contributed by atoms with Gasteiger partial charge in [-0.2, -0.15) is 0 Å². The summed E-state index contributed by atoms with van der Waals surface area (Å²) in [6, 6.07) is 9.63. The standard InChI is InChI=1S/C22H21ClF2N4O3S2/c1-13-18(19-4-3-17(11-26-19)29-6-5-22(24,25)12-29)10-20(33-13)21(30)27-15-7-14(23)8-16(9-15)28-34(2,31)32/h3-4,7-11,28H,5-6,12H2,1-2H3,(H,27,30). The van der Waals surface area contributed by atoms with E-state index in [1.165, 1.54) is 29.5 Å². The summed E-state index contributed by atoms with van der Waals surface area (Å²) in [5.41, 5.74) is 2.59. The predicted molar refractivity (Wildman–Crippen MR) is 132 cm³/mol. The summed E-state index contributed by atoms with van der Waals surface area (Å²) in [4.78, 5) is 20.1. The zero-order valence-corrected chi connectivity index (χ0v) is 20.6. The third-order valence-corrected chi connectivity index (χ3v) is 7.03. The van der Waals surface area contributed by atoms with Gasteiger partial charge in [0.25, 0.3) is 11.8 Å². The van der Waals surface area contributed by atoms with Crippen molar-refractivity contribution in [1.29, 1.82) is 0 Å². The van der Waals surface area contributed by atoms with Gasteiger partial charge in [0.05, 0.1) is 40.9 Å². The van der Waals surface area contributed by atoms with Gasteiger partial charge in [0.1, 0.15) is 0 Å². The lowest BCUT2D eigenvalue weighted by atomic mass is 10.1. The van der Waals surface area contributed by atoms with E-state index < -0.39 is 15.9 Å². The highest BCUT2D eigenvalue weighted by molar-refractivity contribution is 7.92. The van der Waals surface area contributed by atoms with Crippen LogP contribution in [0.15, 0.2) is 42.6 Å². The van der Waals surface area contributed by atoms with E-state index in [2.05, 4.69) is 15.0 Å². The van der Waals surface area contributed by atoms with Crippen LogP contribution in [0.4, 0.5) is 25.8 Å². The molecule has 4 rings (SSSR count). The maximum atomic E-state index is 13.5. The largest absolute Gasteiger partial charge is 0.364 e. The number of nitrogens with one attached hydrogen (secondary N) is 2. The Hall–Kier alpha value is -2.76. The van der Waals surface area contributed by atoms with Gasteiger partial charge in [-0.25, -0.2) is 17.2 Å². The Morgan fingerprint density at radius 1 is 1.21 bits per heavy atom. The number of benzene rings is 1. The Bertz CT molecular complexity index is 1340. The fourth-order valence-corrected chi connectivity index (χ4v) is 5.37. The van der Waals surface area contributed by atoms with E-state index in [0.29, 0.717) is 21.9 Å². The van der Waals surface area contributed by atoms with E-state index in [1.54, 1.807) is 29.3 Å². The Morgan fingerprint density at radius 2 is 1.94 bits per heavy atom. The molecule has 3 heterocycles. The molecule has 3 aromatic rings. The molecule has 180 valence electrons. The quantitative estimate of drug-likeness (QED) is 0.458. The molecule has 1 aliphatic heterocycles. The number of carbonyl (C=O) groups is 1. The Kier molecular flexibility index (Phi) is 6.54. The maximum absolute atomic E-state index is 13.5. The summed E-state index contributed by atoms with van der Waals surface area (Å²) in [6.45, 7) is 1.82. The van der Waals surface area contributed by atoms with Gasteiger partial charge >= 0.3 is 0 Å². The van der Waals surface area contributed by atoms with Crippen molar-refractivity contribution in [2.75, 3.05) is 34.3 Å². The number of sulfonamides is 1. The van der Waals surface area contributed by atoms with Gasteiger partial charge in [-0.15, -0.1) is 11.3 Å². The maximum Gasteiger partial charge on any atom is 0.266 e. The number of amides is 1. The lowest BCUT2D eigenvalue weighted by molar-refractivity contribution is 0.0257. The van der Waals surface area contributed by atoms with Crippen LogP contribution in [-0.2, 0) is 10.0 Å². The number of halogens is 3. The van der Waals surface area contributed by atoms with Gasteiger partial charge in [-0.3, -0.25) is 14.5 Å². The number of thiophene rings is 1. The fraction of sp³-hybridized carbons (Fsp3) is 0.273. The second-order valence-corrected chi connectivity index (χ2v) is 11.5. The van der Waals surface area contributed by atoms with Crippen molar-refractivity contribution >= 4 is 55.9 Å². The van der Waals surface area contributed by atoms with Crippen molar-refractivity contribution in [3.05, 3.63) is 57.4 Å². The highest BCUT2D eigenvalue weighted by Crippen LogP contribution is 2.34. The van der Waals surface area contributed by atoms with Gasteiger partial charge in [-0.05, 0) is 43.3 Å². The van der Waals surface area contributed by atoms with Crippen LogP contribution in [0, 0.1) is 6.92 Å². The summed E-state index contributed by atoms with van der Waals surface area (Å²) in [6.07, 6.45) is 2.41. The van der Waals surface area contributed by atoms with Crippen LogP contribution >= 0.6 is 22.9 Å². The summed E-state index contributed by atoms with van der Waals surface area (Å²) in [7, 11) is -3.51. The molecule has 0 bridgehead atoms. The lowest BCUT2D eigenvalue weighted by Crippen LogP contribution is -2.24. The van der Waals surface area contributed by atoms with Crippen molar-refractivity contribution < 1.29 is 22.0 Å². The van der Waals surface area contributed by atoms with E-state index in [-0.39, 0.29) is 36.1 Å². The molecule has 2 N–H and O–H groups in total. The van der Waals surface area contributed by atoms with Crippen LogP contribution in [0.2, 0.25) is 5.02 Å². The van der Waals surface area contributed by atoms with Crippen LogP contribution in [0.5, 0.6) is 0 Å². The van der Waals surface area contributed by atoms with Crippen molar-refractivity contribution in [2.24, 2.45) is 0 Å². The monoisotopic (exact) mass is 526 g/mol. The molecule has 1 aromatic carbocycles. The number of pyridine rings is 1. The number of hydrogen-bond acceptors (Lipinski definition) is 6. The number of nitrogens with zero attached hydrogens (tertiary/aromatic N) is 2. The van der Waals surface area contributed by atoms with Crippen molar-refractivity contribution in [3.63, 3.8) is 0 Å². The molecule has 34 heavy (non-hydrogen) atoms. The molecule has 1 fully saturated rings. The topological polar surface area (TPSA) is 91.4 Å². The van der Waals surface area contributed by atoms with Crippen molar-refractivity contribution in [3.8, 4) is 11.3 Å². The number of anilines is 3. The summed E-state index contributed by atoms with van der Waals surface area (Å²) >= 11 is 7.33. The van der Waals surface area contributed by atoms with Crippen molar-refractivity contribution in [1.82, 2.24) is 4.98 Å². The molecule has 0 unspecified atom stereocenters. The minimum Gasteiger partial charge on any atom is -0.364 e. The second kappa shape index (κ2) is 9.12. The summed E-state index contributed by atoms with van der Waals surface area (Å²) < 4.78 is 52.3. The van der Waals surface area contributed by atoms with Crippen LogP contribution in [0.1, 0.15) is 21.0 Å². The second-order valence-electron chi connectivity index (χ2n) is 8.07. The average Bonchev–Trinajstić information content (AvgIpc) is 3.28. The first-order valence-electron chi connectivity index (χ1n) is 10.2. The number of aromatic nitrogens is 1. The van der Waals surface area contributed by atoms with Gasteiger partial charge in [0.2, 0.25) is 10.0 Å². The smallest absolute Gasteiger partial charge is 0.266 e. The highest BCUT2D eigenvalue weighted by atomic mass is 35.5. The molecule has 0 radical (unpaired) electrons. The molecule has 7 nitrogen and oxygen atoms in total. The van der Waals surface area contributed by atoms with Crippen LogP contribution in [0.3, 0.4) is 0 Å². The lowest BCUT2D eigenvalue weighted by Gasteiger charge is -2.17. The summed E-state index contributed by atoms with van der Waals surface area (Å²) in [5, 5.41) is 2.98. The van der Waals surface area contributed by atoms with E-state index in [4.69, 9.17) is 11.6 Å². The first-order valence-corrected chi connectivity index (χ1v) is 13.3. The van der Waals surface area contributed by atoms with E-state index in [0.717, 1.165) is 16.7 Å². The Labute approximate surface area is 204 Å². The molecule has 12 heteroatoms. The van der Waals surface area contributed by atoms with E-state index >= 15 is 0 Å². The molecule has 0 spiro atoms. The molecule has 0 saturated carbocycles. The molecule has 1 amide bonds. The molecule has 0 atom stereocenters. The van der Waals surface area contributed by atoms with E-state index in [9.17, 15) is 22.0 Å². The SMILES string of the molecule is Cc1sc(C(=O)Nc2cc(Cl)cc(NS(C)(=O)=O)c2)cc1-c1ccc(N2CCC(F)(F)C2)cn1. The molecule has 1 aliphatic rings. The Balaban J connectivity index is 1.50. The zero-order valence-electron chi connectivity index (χ0n) is 18.2. The van der Waals surface area contributed by atoms with E-state index in [1.807, 2.05) is 6.92 Å². The molecule has 1 saturated heterocycles. The third kappa shape index (κ3) is 5.83. The first-order chi connectivity index (χ1) is 15.9. The van der Waals surface area contributed by atoms with Crippen LogP contribution in [0.25, 0.3) is 11.3 Å². The molecular weight excluding hydrogens is 506 g/mol. The van der Waals surface area contributed by atoms with Crippen LogP contribution < -0.4 is 14.9 Å². The molecule has 0 aliphatic carbocycles. The summed E-state index contributed by atoms with van der Waals surface area (Å²) in [5.74, 6) is -3.07. The fourth-order valence-electron chi connectivity index (χ4n) is 3.66. The Morgan fingerprint density at radius 3 is 2.56 bits per heavy atom. The minimum atomic E-state index is -3.51. The molecule has 2 aromatic heterocycles. The first kappa shape index (κ1) is 24.4. The highest BCUT2D eigenvalue weighted by Gasteiger charge is 2.38. The number of aryl methyl sites for hydroxylation is 1.